The number of hydrogen-bond acceptors (Lipinski definition) is 6. The summed E-state index contributed by atoms with van der Waals surface area (Å²) in [4.78, 5) is 26.6. The topological polar surface area (TPSA) is 69.0 Å². The van der Waals surface area contributed by atoms with E-state index in [1.807, 2.05) is 32.6 Å². The fourth-order valence-electron chi connectivity index (χ4n) is 2.78. The van der Waals surface area contributed by atoms with Crippen molar-refractivity contribution in [2.24, 2.45) is 5.41 Å². The van der Waals surface area contributed by atoms with E-state index in [9.17, 15) is 9.59 Å². The van der Waals surface area contributed by atoms with Crippen LogP contribution in [0.25, 0.3) is 11.0 Å². The number of ketones is 1. The highest BCUT2D eigenvalue weighted by atomic mass is 16.5. The molecule has 1 aromatic heterocycles. The van der Waals surface area contributed by atoms with Crippen molar-refractivity contribution in [1.82, 2.24) is 0 Å². The van der Waals surface area contributed by atoms with E-state index in [2.05, 4.69) is 0 Å². The van der Waals surface area contributed by atoms with Crippen molar-refractivity contribution >= 4 is 22.6 Å². The molecule has 1 aliphatic rings. The number of nitrogens with zero attached hydrogens (tertiary/aromatic N) is 1. The Labute approximate surface area is 152 Å². The number of morpholine rings is 1. The van der Waals surface area contributed by atoms with E-state index < -0.39 is 5.41 Å². The molecule has 0 unspecified atom stereocenters. The number of carbonyl (C=O) groups excluding carboxylic acids is 1. The number of fused-ring (bicyclic) bond motifs is 1. The van der Waals surface area contributed by atoms with E-state index in [4.69, 9.17) is 13.9 Å². The van der Waals surface area contributed by atoms with Crippen molar-refractivity contribution in [3.8, 4) is 5.75 Å². The molecule has 0 amide bonds. The van der Waals surface area contributed by atoms with Crippen molar-refractivity contribution in [3.05, 3.63) is 34.0 Å². The van der Waals surface area contributed by atoms with Crippen molar-refractivity contribution in [1.29, 1.82) is 0 Å². The molecule has 6 nitrogen and oxygen atoms in total. The van der Waals surface area contributed by atoms with Gasteiger partial charge in [0.15, 0.2) is 17.1 Å². The van der Waals surface area contributed by atoms with Crippen molar-refractivity contribution < 1.29 is 18.7 Å². The average molecular weight is 359 g/mol. The Morgan fingerprint density at radius 1 is 1.23 bits per heavy atom. The number of hydrogen-bond donors (Lipinski definition) is 0. The summed E-state index contributed by atoms with van der Waals surface area (Å²) in [6, 6.07) is 4.93. The monoisotopic (exact) mass is 359 g/mol. The SMILES string of the molecule is Cc1c(OCC(=O)C(C)(C)C)ccc2c(=O)cc(N3CCOCC3)oc12. The van der Waals surface area contributed by atoms with Crippen LogP contribution >= 0.6 is 0 Å². The molecule has 26 heavy (non-hydrogen) atoms. The number of benzene rings is 1. The predicted molar refractivity (Wildman–Crippen MR) is 100 cm³/mol. The first kappa shape index (κ1) is 18.5. The summed E-state index contributed by atoms with van der Waals surface area (Å²) in [6.45, 7) is 10.00. The van der Waals surface area contributed by atoms with Crippen LogP contribution in [-0.4, -0.2) is 38.7 Å². The number of ether oxygens (including phenoxy) is 2. The highest BCUT2D eigenvalue weighted by molar-refractivity contribution is 5.86. The molecule has 1 saturated heterocycles. The molecule has 6 heteroatoms. The number of Topliss-reactive ketones (excluding diaryl/α,β-unsaturated/α-hetero) is 1. The van der Waals surface area contributed by atoms with Gasteiger partial charge < -0.3 is 18.8 Å². The Bertz CT molecular complexity index is 872. The number of aryl methyl sites for hydroxylation is 1. The third-order valence-corrected chi connectivity index (χ3v) is 4.60. The van der Waals surface area contributed by atoms with Gasteiger partial charge in [0.25, 0.3) is 0 Å². The maximum Gasteiger partial charge on any atom is 0.200 e. The molecular formula is C20H25NO5. The maximum atomic E-state index is 12.5. The first-order valence-electron chi connectivity index (χ1n) is 8.83. The van der Waals surface area contributed by atoms with Gasteiger partial charge in [-0.25, -0.2) is 0 Å². The van der Waals surface area contributed by atoms with E-state index in [1.165, 1.54) is 6.07 Å². The highest BCUT2D eigenvalue weighted by Crippen LogP contribution is 2.29. The van der Waals surface area contributed by atoms with Crippen LogP contribution in [0.1, 0.15) is 26.3 Å². The Kier molecular flexibility index (Phi) is 5.05. The van der Waals surface area contributed by atoms with Gasteiger partial charge in [-0.3, -0.25) is 9.59 Å². The van der Waals surface area contributed by atoms with Gasteiger partial charge in [-0.15, -0.1) is 0 Å². The fraction of sp³-hybridized carbons (Fsp3) is 0.500. The molecule has 2 heterocycles. The van der Waals surface area contributed by atoms with Crippen LogP contribution in [0.15, 0.2) is 27.4 Å². The second-order valence-corrected chi connectivity index (χ2v) is 7.58. The fourth-order valence-corrected chi connectivity index (χ4v) is 2.78. The molecule has 0 radical (unpaired) electrons. The Morgan fingerprint density at radius 2 is 1.92 bits per heavy atom. The molecular weight excluding hydrogens is 334 g/mol. The van der Waals surface area contributed by atoms with Crippen LogP contribution in [-0.2, 0) is 9.53 Å². The normalized spacial score (nSPS) is 15.3. The van der Waals surface area contributed by atoms with Crippen LogP contribution in [0.5, 0.6) is 5.75 Å². The number of anilines is 1. The summed E-state index contributed by atoms with van der Waals surface area (Å²) in [7, 11) is 0. The summed E-state index contributed by atoms with van der Waals surface area (Å²) < 4.78 is 17.1. The molecule has 0 saturated carbocycles. The maximum absolute atomic E-state index is 12.5. The zero-order chi connectivity index (χ0) is 18.9. The lowest BCUT2D eigenvalue weighted by Gasteiger charge is -2.27. The van der Waals surface area contributed by atoms with Gasteiger partial charge in [0.05, 0.1) is 18.6 Å². The van der Waals surface area contributed by atoms with Crippen molar-refractivity contribution in [2.45, 2.75) is 27.7 Å². The van der Waals surface area contributed by atoms with E-state index in [0.717, 1.165) is 5.56 Å². The van der Waals surface area contributed by atoms with Gasteiger partial charge >= 0.3 is 0 Å². The van der Waals surface area contributed by atoms with E-state index in [1.54, 1.807) is 12.1 Å². The molecule has 1 aliphatic heterocycles. The molecule has 3 rings (SSSR count). The van der Waals surface area contributed by atoms with E-state index in [-0.39, 0.29) is 17.8 Å². The first-order valence-corrected chi connectivity index (χ1v) is 8.83. The summed E-state index contributed by atoms with van der Waals surface area (Å²) in [6.07, 6.45) is 0. The van der Waals surface area contributed by atoms with Gasteiger partial charge in [-0.2, -0.15) is 0 Å². The lowest BCUT2D eigenvalue weighted by molar-refractivity contribution is -0.128. The lowest BCUT2D eigenvalue weighted by Crippen LogP contribution is -2.36. The highest BCUT2D eigenvalue weighted by Gasteiger charge is 2.22. The molecule has 2 aromatic rings. The quantitative estimate of drug-likeness (QED) is 0.836. The summed E-state index contributed by atoms with van der Waals surface area (Å²) >= 11 is 0. The minimum absolute atomic E-state index is 0.0107. The van der Waals surface area contributed by atoms with E-state index in [0.29, 0.717) is 48.9 Å². The van der Waals surface area contributed by atoms with Crippen LogP contribution < -0.4 is 15.1 Å². The van der Waals surface area contributed by atoms with Gasteiger partial charge in [-0.1, -0.05) is 20.8 Å². The van der Waals surface area contributed by atoms with Crippen LogP contribution in [0.4, 0.5) is 5.88 Å². The third-order valence-electron chi connectivity index (χ3n) is 4.60. The molecule has 140 valence electrons. The van der Waals surface area contributed by atoms with Gasteiger partial charge in [0, 0.05) is 30.1 Å². The lowest BCUT2D eigenvalue weighted by atomic mass is 9.91. The largest absolute Gasteiger partial charge is 0.485 e. The summed E-state index contributed by atoms with van der Waals surface area (Å²) in [5.74, 6) is 1.11. The van der Waals surface area contributed by atoms with Crippen molar-refractivity contribution in [3.63, 3.8) is 0 Å². The van der Waals surface area contributed by atoms with Crippen LogP contribution in [0.3, 0.4) is 0 Å². The third kappa shape index (κ3) is 3.75. The smallest absolute Gasteiger partial charge is 0.200 e. The molecule has 0 atom stereocenters. The Balaban J connectivity index is 1.93. The van der Waals surface area contributed by atoms with Gasteiger partial charge in [0.2, 0.25) is 0 Å². The second kappa shape index (κ2) is 7.11. The average Bonchev–Trinajstić information content (AvgIpc) is 2.61. The zero-order valence-corrected chi connectivity index (χ0v) is 15.8. The minimum atomic E-state index is -0.458. The summed E-state index contributed by atoms with van der Waals surface area (Å²) in [5.41, 5.74) is 0.671. The molecule has 1 fully saturated rings. The van der Waals surface area contributed by atoms with E-state index >= 15 is 0 Å². The van der Waals surface area contributed by atoms with Crippen molar-refractivity contribution in [2.75, 3.05) is 37.8 Å². The predicted octanol–water partition coefficient (Wildman–Crippen LogP) is 2.93. The molecule has 0 aliphatic carbocycles. The van der Waals surface area contributed by atoms with Gasteiger partial charge in [0.1, 0.15) is 17.9 Å². The standard InChI is InChI=1S/C20H25NO5/c1-13-16(25-12-17(23)20(2,3)4)6-5-14-15(22)11-18(26-19(13)14)21-7-9-24-10-8-21/h5-6,11H,7-10,12H2,1-4H3. The van der Waals surface area contributed by atoms with Crippen LogP contribution in [0, 0.1) is 12.3 Å². The van der Waals surface area contributed by atoms with Crippen LogP contribution in [0.2, 0.25) is 0 Å². The zero-order valence-electron chi connectivity index (χ0n) is 15.8. The van der Waals surface area contributed by atoms with Gasteiger partial charge in [-0.05, 0) is 19.1 Å². The minimum Gasteiger partial charge on any atom is -0.485 e. The molecule has 0 spiro atoms. The molecule has 0 N–H and O–H groups in total. The number of rotatable bonds is 4. The number of carbonyl (C=O) groups is 1. The molecule has 1 aromatic carbocycles. The first-order chi connectivity index (χ1) is 12.3. The molecule has 0 bridgehead atoms. The Morgan fingerprint density at radius 3 is 2.58 bits per heavy atom. The summed E-state index contributed by atoms with van der Waals surface area (Å²) in [5, 5.41) is 0.508. The Hall–Kier alpha value is -2.34. The second-order valence-electron chi connectivity index (χ2n) is 7.58.